The largest absolute Gasteiger partial charge is 0.377 e. The predicted molar refractivity (Wildman–Crippen MR) is 58.8 cm³/mol. The van der Waals surface area contributed by atoms with E-state index in [0.29, 0.717) is 6.54 Å². The Morgan fingerprint density at radius 1 is 1.50 bits per heavy atom. The molecular formula is C11H15FN2. The number of halogens is 1. The van der Waals surface area contributed by atoms with E-state index in [4.69, 9.17) is 5.73 Å². The molecule has 0 aliphatic heterocycles. The van der Waals surface area contributed by atoms with Crippen LogP contribution < -0.4 is 10.6 Å². The van der Waals surface area contributed by atoms with E-state index in [9.17, 15) is 4.39 Å². The molecule has 1 aromatic rings. The summed E-state index contributed by atoms with van der Waals surface area (Å²) in [5.74, 6) is -0.248. The van der Waals surface area contributed by atoms with Gasteiger partial charge in [0.25, 0.3) is 0 Å². The Labute approximate surface area is 83.8 Å². The lowest BCUT2D eigenvalue weighted by atomic mass is 10.0. The molecule has 0 unspecified atom stereocenters. The van der Waals surface area contributed by atoms with Gasteiger partial charge in [-0.1, -0.05) is 6.58 Å². The van der Waals surface area contributed by atoms with E-state index in [1.807, 2.05) is 19.0 Å². The Hall–Kier alpha value is -1.35. The molecule has 1 aromatic carbocycles. The number of anilines is 1. The van der Waals surface area contributed by atoms with Gasteiger partial charge in [-0.2, -0.15) is 0 Å². The maximum atomic E-state index is 13.0. The number of nitrogens with zero attached hydrogens (tertiary/aromatic N) is 1. The first kappa shape index (κ1) is 10.7. The van der Waals surface area contributed by atoms with Crippen molar-refractivity contribution in [2.45, 2.75) is 0 Å². The minimum atomic E-state index is -0.248. The molecule has 0 heterocycles. The van der Waals surface area contributed by atoms with Crippen LogP contribution >= 0.6 is 0 Å². The molecule has 0 saturated carbocycles. The van der Waals surface area contributed by atoms with Gasteiger partial charge >= 0.3 is 0 Å². The van der Waals surface area contributed by atoms with Gasteiger partial charge in [0.05, 0.1) is 0 Å². The second-order valence-corrected chi connectivity index (χ2v) is 3.36. The fourth-order valence-electron chi connectivity index (χ4n) is 1.28. The number of rotatable bonds is 3. The van der Waals surface area contributed by atoms with E-state index in [0.717, 1.165) is 16.8 Å². The Morgan fingerprint density at radius 3 is 2.64 bits per heavy atom. The minimum absolute atomic E-state index is 0.248. The van der Waals surface area contributed by atoms with Crippen LogP contribution in [0.1, 0.15) is 5.56 Å². The van der Waals surface area contributed by atoms with E-state index in [2.05, 4.69) is 6.58 Å². The van der Waals surface area contributed by atoms with Crippen molar-refractivity contribution in [2.75, 3.05) is 25.5 Å². The number of nitrogens with two attached hydrogens (primary N) is 1. The zero-order valence-corrected chi connectivity index (χ0v) is 8.55. The second-order valence-electron chi connectivity index (χ2n) is 3.36. The maximum absolute atomic E-state index is 13.0. The molecule has 76 valence electrons. The monoisotopic (exact) mass is 194 g/mol. The van der Waals surface area contributed by atoms with Crippen molar-refractivity contribution in [3.05, 3.63) is 36.2 Å². The minimum Gasteiger partial charge on any atom is -0.377 e. The van der Waals surface area contributed by atoms with Gasteiger partial charge in [0.1, 0.15) is 5.82 Å². The van der Waals surface area contributed by atoms with Crippen molar-refractivity contribution in [3.63, 3.8) is 0 Å². The summed E-state index contributed by atoms with van der Waals surface area (Å²) in [6.45, 7) is 4.22. The van der Waals surface area contributed by atoms with Crippen LogP contribution in [0.4, 0.5) is 10.1 Å². The third-order valence-corrected chi connectivity index (χ3v) is 2.07. The maximum Gasteiger partial charge on any atom is 0.125 e. The van der Waals surface area contributed by atoms with Crippen LogP contribution in [0.15, 0.2) is 24.8 Å². The first-order chi connectivity index (χ1) is 6.56. The van der Waals surface area contributed by atoms with Crippen molar-refractivity contribution in [1.29, 1.82) is 0 Å². The molecule has 2 N–H and O–H groups in total. The number of benzene rings is 1. The smallest absolute Gasteiger partial charge is 0.125 e. The predicted octanol–water partition coefficient (Wildman–Crippen LogP) is 1.86. The molecule has 0 aromatic heterocycles. The summed E-state index contributed by atoms with van der Waals surface area (Å²) in [4.78, 5) is 1.85. The van der Waals surface area contributed by atoms with Gasteiger partial charge in [0.15, 0.2) is 0 Å². The molecule has 1 rings (SSSR count). The third kappa shape index (κ3) is 2.12. The van der Waals surface area contributed by atoms with Gasteiger partial charge in [-0.3, -0.25) is 0 Å². The van der Waals surface area contributed by atoms with Crippen LogP contribution in [0.25, 0.3) is 5.57 Å². The highest BCUT2D eigenvalue weighted by atomic mass is 19.1. The average Bonchev–Trinajstić information content (AvgIpc) is 2.16. The van der Waals surface area contributed by atoms with Crippen LogP contribution in [0.3, 0.4) is 0 Å². The molecule has 0 saturated heterocycles. The summed E-state index contributed by atoms with van der Waals surface area (Å²) >= 11 is 0. The van der Waals surface area contributed by atoms with Gasteiger partial charge in [-0.25, -0.2) is 4.39 Å². The van der Waals surface area contributed by atoms with Crippen molar-refractivity contribution >= 4 is 11.3 Å². The van der Waals surface area contributed by atoms with E-state index in [-0.39, 0.29) is 5.82 Å². The van der Waals surface area contributed by atoms with Gasteiger partial charge in [-0.15, -0.1) is 0 Å². The molecule has 0 spiro atoms. The SMILES string of the molecule is C=C(CN)c1ccc(F)cc1N(C)C. The molecule has 0 fully saturated rings. The molecule has 0 atom stereocenters. The first-order valence-corrected chi connectivity index (χ1v) is 4.41. The molecule has 0 amide bonds. The van der Waals surface area contributed by atoms with Gasteiger partial charge in [0, 0.05) is 31.9 Å². The number of hydrogen-bond donors (Lipinski definition) is 1. The fraction of sp³-hybridized carbons (Fsp3) is 0.273. The highest BCUT2D eigenvalue weighted by molar-refractivity contribution is 5.76. The molecule has 0 radical (unpaired) electrons. The zero-order valence-electron chi connectivity index (χ0n) is 8.55. The summed E-state index contributed by atoms with van der Waals surface area (Å²) in [5, 5.41) is 0. The zero-order chi connectivity index (χ0) is 10.7. The summed E-state index contributed by atoms with van der Waals surface area (Å²) in [7, 11) is 3.73. The molecule has 3 heteroatoms. The fourth-order valence-corrected chi connectivity index (χ4v) is 1.28. The van der Waals surface area contributed by atoms with E-state index in [1.54, 1.807) is 6.07 Å². The molecule has 0 aliphatic carbocycles. The van der Waals surface area contributed by atoms with Crippen molar-refractivity contribution in [2.24, 2.45) is 5.73 Å². The second kappa shape index (κ2) is 4.24. The standard InChI is InChI=1S/C11H15FN2/c1-8(7-13)10-5-4-9(12)6-11(10)14(2)3/h4-6H,1,7,13H2,2-3H3. The van der Waals surface area contributed by atoms with Crippen LogP contribution in [-0.2, 0) is 0 Å². The summed E-state index contributed by atoms with van der Waals surface area (Å²) in [6.07, 6.45) is 0. The average molecular weight is 194 g/mol. The van der Waals surface area contributed by atoms with Gasteiger partial charge < -0.3 is 10.6 Å². The van der Waals surface area contributed by atoms with E-state index >= 15 is 0 Å². The highest BCUT2D eigenvalue weighted by Crippen LogP contribution is 2.25. The van der Waals surface area contributed by atoms with Crippen LogP contribution in [0, 0.1) is 5.82 Å². The van der Waals surface area contributed by atoms with E-state index < -0.39 is 0 Å². The lowest BCUT2D eigenvalue weighted by Crippen LogP contribution is -2.13. The van der Waals surface area contributed by atoms with Crippen molar-refractivity contribution in [3.8, 4) is 0 Å². The normalized spacial score (nSPS) is 10.0. The molecule has 2 nitrogen and oxygen atoms in total. The van der Waals surface area contributed by atoms with Crippen molar-refractivity contribution in [1.82, 2.24) is 0 Å². The van der Waals surface area contributed by atoms with Gasteiger partial charge in [0.2, 0.25) is 0 Å². The number of hydrogen-bond acceptors (Lipinski definition) is 2. The first-order valence-electron chi connectivity index (χ1n) is 4.41. The topological polar surface area (TPSA) is 29.3 Å². The Bertz CT molecular complexity index is 345. The summed E-state index contributed by atoms with van der Waals surface area (Å²) in [5.41, 5.74) is 8.02. The molecular weight excluding hydrogens is 179 g/mol. The van der Waals surface area contributed by atoms with E-state index in [1.165, 1.54) is 12.1 Å². The highest BCUT2D eigenvalue weighted by Gasteiger charge is 2.07. The molecule has 0 bridgehead atoms. The molecule has 0 aliphatic rings. The molecule has 14 heavy (non-hydrogen) atoms. The third-order valence-electron chi connectivity index (χ3n) is 2.07. The van der Waals surface area contributed by atoms with Crippen LogP contribution in [0.5, 0.6) is 0 Å². The van der Waals surface area contributed by atoms with Crippen LogP contribution in [-0.4, -0.2) is 20.6 Å². The Kier molecular flexibility index (Phi) is 3.25. The lowest BCUT2D eigenvalue weighted by Gasteiger charge is -2.18. The summed E-state index contributed by atoms with van der Waals surface area (Å²) < 4.78 is 13.0. The van der Waals surface area contributed by atoms with Gasteiger partial charge in [-0.05, 0) is 23.8 Å². The lowest BCUT2D eigenvalue weighted by molar-refractivity contribution is 0.627. The van der Waals surface area contributed by atoms with Crippen molar-refractivity contribution < 1.29 is 4.39 Å². The summed E-state index contributed by atoms with van der Waals surface area (Å²) in [6, 6.07) is 4.61. The Balaban J connectivity index is 3.21. The van der Waals surface area contributed by atoms with Crippen LogP contribution in [0.2, 0.25) is 0 Å². The Morgan fingerprint density at radius 2 is 2.14 bits per heavy atom. The quantitative estimate of drug-likeness (QED) is 0.795.